The second-order valence-corrected chi connectivity index (χ2v) is 9.42. The van der Waals surface area contributed by atoms with Gasteiger partial charge in [-0.05, 0) is 49.6 Å². The fourth-order valence-corrected chi connectivity index (χ4v) is 4.95. The minimum atomic E-state index is -4.94. The monoisotopic (exact) mass is 515 g/mol. The Balaban J connectivity index is 1.60. The van der Waals surface area contributed by atoms with Crippen molar-refractivity contribution >= 4 is 6.03 Å². The number of nitrogens with one attached hydrogen (secondary N) is 2. The first-order chi connectivity index (χ1) is 16.8. The quantitative estimate of drug-likeness (QED) is 0.502. The number of benzene rings is 2. The number of ether oxygens (including phenoxy) is 1. The molecule has 5 nitrogen and oxygen atoms in total. The topological polar surface area (TPSA) is 53.6 Å². The molecule has 36 heavy (non-hydrogen) atoms. The van der Waals surface area contributed by atoms with Crippen LogP contribution in [0.5, 0.6) is 0 Å². The molecule has 4 rings (SSSR count). The van der Waals surface area contributed by atoms with Crippen LogP contribution in [0.1, 0.15) is 48.6 Å². The summed E-state index contributed by atoms with van der Waals surface area (Å²) in [6.07, 6.45) is -10.5. The molecule has 2 heterocycles. The second-order valence-electron chi connectivity index (χ2n) is 9.42. The predicted octanol–water partition coefficient (Wildman–Crippen LogP) is 5.47. The van der Waals surface area contributed by atoms with Crippen LogP contribution in [0.2, 0.25) is 0 Å². The average Bonchev–Trinajstić information content (AvgIpc) is 3.40. The highest BCUT2D eigenvalue weighted by Crippen LogP contribution is 2.39. The summed E-state index contributed by atoms with van der Waals surface area (Å²) >= 11 is 0. The molecule has 0 aromatic heterocycles. The van der Waals surface area contributed by atoms with Gasteiger partial charge in [0.1, 0.15) is 0 Å². The van der Waals surface area contributed by atoms with Crippen LogP contribution in [0, 0.1) is 0 Å². The van der Waals surface area contributed by atoms with E-state index in [0.717, 1.165) is 5.56 Å². The zero-order valence-electron chi connectivity index (χ0n) is 19.7. The molecule has 4 atom stereocenters. The fraction of sp³-hybridized carbons (Fsp3) is 0.480. The number of halogens is 6. The van der Waals surface area contributed by atoms with Crippen molar-refractivity contribution < 1.29 is 35.9 Å². The molecule has 11 heteroatoms. The number of hydrogen-bond acceptors (Lipinski definition) is 3. The summed E-state index contributed by atoms with van der Waals surface area (Å²) in [7, 11) is 0. The molecule has 196 valence electrons. The molecule has 2 aromatic rings. The zero-order valence-corrected chi connectivity index (χ0v) is 19.7. The van der Waals surface area contributed by atoms with Crippen LogP contribution < -0.4 is 10.6 Å². The van der Waals surface area contributed by atoms with E-state index in [1.165, 1.54) is 6.92 Å². The van der Waals surface area contributed by atoms with Gasteiger partial charge in [0.2, 0.25) is 0 Å². The van der Waals surface area contributed by atoms with E-state index in [2.05, 4.69) is 10.6 Å². The van der Waals surface area contributed by atoms with Crippen molar-refractivity contribution in [3.63, 3.8) is 0 Å². The molecule has 2 aliphatic heterocycles. The third-order valence-electron chi connectivity index (χ3n) is 6.90. The summed E-state index contributed by atoms with van der Waals surface area (Å²) < 4.78 is 85.8. The first-order valence-electron chi connectivity index (χ1n) is 11.6. The van der Waals surface area contributed by atoms with Crippen molar-refractivity contribution in [3.8, 4) is 0 Å². The van der Waals surface area contributed by atoms with Gasteiger partial charge in [-0.1, -0.05) is 30.3 Å². The fourth-order valence-electron chi connectivity index (χ4n) is 4.95. The maximum atomic E-state index is 13.3. The lowest BCUT2D eigenvalue weighted by atomic mass is 9.87. The van der Waals surface area contributed by atoms with Gasteiger partial charge in [-0.15, -0.1) is 0 Å². The minimum Gasteiger partial charge on any atom is -0.372 e. The standard InChI is InChI=1S/C25H27F6N3O2/c1-15-12-32-22(35)34(15)21-11-23(33-13-21,18-6-4-3-5-7-18)14-36-16(2)17-8-19(24(26,27)28)10-20(9-17)25(29,30)31/h3-10,15-16,21,33H,11-14H2,1-2H3,(H,32,35)/t15?,16-,21+,23-/m1/s1. The van der Waals surface area contributed by atoms with Gasteiger partial charge in [0, 0.05) is 25.2 Å². The Morgan fingerprint density at radius 3 is 2.17 bits per heavy atom. The molecule has 0 saturated carbocycles. The molecule has 1 unspecified atom stereocenters. The van der Waals surface area contributed by atoms with Crippen LogP contribution in [0.25, 0.3) is 0 Å². The number of alkyl halides is 6. The highest BCUT2D eigenvalue weighted by atomic mass is 19.4. The van der Waals surface area contributed by atoms with E-state index in [1.807, 2.05) is 37.3 Å². The van der Waals surface area contributed by atoms with Gasteiger partial charge in [-0.2, -0.15) is 26.3 Å². The Hall–Kier alpha value is -2.79. The van der Waals surface area contributed by atoms with Crippen molar-refractivity contribution in [2.75, 3.05) is 19.7 Å². The van der Waals surface area contributed by atoms with Crippen LogP contribution in [0.4, 0.5) is 31.1 Å². The lowest BCUT2D eigenvalue weighted by Gasteiger charge is -2.33. The molecule has 0 bridgehead atoms. The Bertz CT molecular complexity index is 1060. The summed E-state index contributed by atoms with van der Waals surface area (Å²) in [5.41, 5.74) is -2.91. The summed E-state index contributed by atoms with van der Waals surface area (Å²) in [6, 6.07) is 10.4. The summed E-state index contributed by atoms with van der Waals surface area (Å²) in [4.78, 5) is 14.1. The molecule has 2 aliphatic rings. The number of rotatable bonds is 6. The van der Waals surface area contributed by atoms with Crippen LogP contribution in [-0.4, -0.2) is 42.7 Å². The van der Waals surface area contributed by atoms with Crippen LogP contribution >= 0.6 is 0 Å². The number of amides is 2. The molecule has 2 N–H and O–H groups in total. The highest BCUT2D eigenvalue weighted by molar-refractivity contribution is 5.77. The minimum absolute atomic E-state index is 0.0124. The third kappa shape index (κ3) is 5.31. The van der Waals surface area contributed by atoms with E-state index >= 15 is 0 Å². The Morgan fingerprint density at radius 2 is 1.64 bits per heavy atom. The Kier molecular flexibility index (Phi) is 7.00. The van der Waals surface area contributed by atoms with Gasteiger partial charge >= 0.3 is 18.4 Å². The normalized spacial score (nSPS) is 25.8. The molecular formula is C25H27F6N3O2. The van der Waals surface area contributed by atoms with E-state index in [1.54, 1.807) is 4.90 Å². The van der Waals surface area contributed by atoms with Gasteiger partial charge in [-0.25, -0.2) is 4.79 Å². The van der Waals surface area contributed by atoms with Gasteiger partial charge in [-0.3, -0.25) is 0 Å². The SMILES string of the molecule is CC1CNC(=O)N1[C@@H]1CN[C@](CO[C@H](C)c2cc(C(F)(F)F)cc(C(F)(F)F)c2)(c2ccccc2)C1. The predicted molar refractivity (Wildman–Crippen MR) is 120 cm³/mol. The summed E-state index contributed by atoms with van der Waals surface area (Å²) in [5, 5.41) is 6.24. The number of nitrogens with zero attached hydrogens (tertiary/aromatic N) is 1. The lowest BCUT2D eigenvalue weighted by Crippen LogP contribution is -2.43. The summed E-state index contributed by atoms with van der Waals surface area (Å²) in [5.74, 6) is 0. The first-order valence-corrected chi connectivity index (χ1v) is 11.6. The van der Waals surface area contributed by atoms with Crippen LogP contribution in [0.15, 0.2) is 48.5 Å². The molecule has 2 amide bonds. The lowest BCUT2D eigenvalue weighted by molar-refractivity contribution is -0.143. The van der Waals surface area contributed by atoms with Crippen molar-refractivity contribution in [1.82, 2.24) is 15.5 Å². The van der Waals surface area contributed by atoms with Crippen molar-refractivity contribution in [2.24, 2.45) is 0 Å². The second kappa shape index (κ2) is 9.59. The van der Waals surface area contributed by atoms with Gasteiger partial charge in [0.15, 0.2) is 0 Å². The van der Waals surface area contributed by atoms with E-state index < -0.39 is 35.1 Å². The zero-order chi connectivity index (χ0) is 26.3. The average molecular weight is 515 g/mol. The highest BCUT2D eigenvalue weighted by Gasteiger charge is 2.46. The van der Waals surface area contributed by atoms with Crippen molar-refractivity contribution in [3.05, 3.63) is 70.8 Å². The van der Waals surface area contributed by atoms with E-state index in [9.17, 15) is 31.1 Å². The summed E-state index contributed by atoms with van der Waals surface area (Å²) in [6.45, 7) is 4.34. The van der Waals surface area contributed by atoms with Crippen LogP contribution in [-0.2, 0) is 22.6 Å². The maximum Gasteiger partial charge on any atom is 0.416 e. The van der Waals surface area contributed by atoms with E-state index in [4.69, 9.17) is 4.74 Å². The molecule has 2 fully saturated rings. The molecular weight excluding hydrogens is 488 g/mol. The molecule has 0 aliphatic carbocycles. The molecule has 0 spiro atoms. The Labute approximate surface area is 204 Å². The smallest absolute Gasteiger partial charge is 0.372 e. The molecule has 2 aromatic carbocycles. The largest absolute Gasteiger partial charge is 0.416 e. The third-order valence-corrected chi connectivity index (χ3v) is 6.90. The number of carbonyl (C=O) groups is 1. The number of hydrogen-bond donors (Lipinski definition) is 2. The van der Waals surface area contributed by atoms with Crippen molar-refractivity contribution in [2.45, 2.75) is 56.3 Å². The van der Waals surface area contributed by atoms with Gasteiger partial charge in [0.25, 0.3) is 0 Å². The van der Waals surface area contributed by atoms with Gasteiger partial charge in [0.05, 0.1) is 29.4 Å². The van der Waals surface area contributed by atoms with E-state index in [0.29, 0.717) is 31.6 Å². The number of urea groups is 1. The molecule has 0 radical (unpaired) electrons. The van der Waals surface area contributed by atoms with Gasteiger partial charge < -0.3 is 20.3 Å². The number of carbonyl (C=O) groups excluding carboxylic acids is 1. The van der Waals surface area contributed by atoms with Crippen molar-refractivity contribution in [1.29, 1.82) is 0 Å². The first kappa shape index (κ1) is 26.3. The van der Waals surface area contributed by atoms with E-state index in [-0.39, 0.29) is 36.4 Å². The Morgan fingerprint density at radius 1 is 1.03 bits per heavy atom. The van der Waals surface area contributed by atoms with Crippen LogP contribution in [0.3, 0.4) is 0 Å². The molecule has 2 saturated heterocycles. The maximum absolute atomic E-state index is 13.3.